The largest absolute Gasteiger partial charge is 0.402 e. The quantitative estimate of drug-likeness (QED) is 0.575. The second kappa shape index (κ2) is 4.37. The van der Waals surface area contributed by atoms with E-state index >= 15 is 0 Å². The van der Waals surface area contributed by atoms with Crippen molar-refractivity contribution in [1.82, 2.24) is 4.90 Å². The number of hydrogen-bond donors (Lipinski definition) is 0. The molecule has 1 aliphatic heterocycles. The number of aliphatic imine (C=N–C) groups is 1. The lowest BCUT2D eigenvalue weighted by Gasteiger charge is -2.02. The van der Waals surface area contributed by atoms with E-state index in [4.69, 9.17) is 4.74 Å². The Bertz CT molecular complexity index is 521. The highest BCUT2D eigenvalue weighted by molar-refractivity contribution is 6.11. The average molecular weight is 234 g/mol. The summed E-state index contributed by atoms with van der Waals surface area (Å²) >= 11 is 0. The van der Waals surface area contributed by atoms with Gasteiger partial charge in [-0.25, -0.2) is 14.2 Å². The molecule has 0 bridgehead atoms. The van der Waals surface area contributed by atoms with Crippen LogP contribution in [0, 0.1) is 5.82 Å². The number of carbonyl (C=O) groups excluding carboxylic acids is 1. The van der Waals surface area contributed by atoms with Gasteiger partial charge in [0.2, 0.25) is 5.90 Å². The Morgan fingerprint density at radius 2 is 2.06 bits per heavy atom. The van der Waals surface area contributed by atoms with Crippen LogP contribution in [-0.4, -0.2) is 30.9 Å². The van der Waals surface area contributed by atoms with Gasteiger partial charge in [0.15, 0.2) is 5.70 Å². The summed E-state index contributed by atoms with van der Waals surface area (Å²) in [5.41, 5.74) is 0.344. The van der Waals surface area contributed by atoms with Gasteiger partial charge in [-0.3, -0.25) is 0 Å². The Labute approximate surface area is 98.0 Å². The number of halogens is 1. The average Bonchev–Trinajstić information content (AvgIpc) is 2.60. The first-order valence-corrected chi connectivity index (χ1v) is 5.02. The second-order valence-corrected chi connectivity index (χ2v) is 3.76. The molecule has 0 saturated carbocycles. The van der Waals surface area contributed by atoms with Crippen LogP contribution < -0.4 is 0 Å². The molecule has 88 valence electrons. The summed E-state index contributed by atoms with van der Waals surface area (Å²) in [6.07, 6.45) is 1.52. The number of ether oxygens (including phenoxy) is 1. The molecule has 0 saturated heterocycles. The van der Waals surface area contributed by atoms with E-state index < -0.39 is 11.8 Å². The van der Waals surface area contributed by atoms with Crippen molar-refractivity contribution in [3.05, 3.63) is 47.5 Å². The Morgan fingerprint density at radius 3 is 2.71 bits per heavy atom. The number of rotatable bonds is 2. The molecule has 1 aromatic carbocycles. The van der Waals surface area contributed by atoms with Crippen molar-refractivity contribution in [2.24, 2.45) is 4.99 Å². The fraction of sp³-hybridized carbons (Fsp3) is 0.167. The van der Waals surface area contributed by atoms with E-state index in [0.717, 1.165) is 0 Å². The number of cyclic esters (lactones) is 1. The van der Waals surface area contributed by atoms with Gasteiger partial charge in [0, 0.05) is 20.3 Å². The molecular formula is C12H11FN2O2. The molecule has 4 nitrogen and oxygen atoms in total. The molecule has 0 fully saturated rings. The summed E-state index contributed by atoms with van der Waals surface area (Å²) in [6, 6.07) is 6.02. The highest BCUT2D eigenvalue weighted by atomic mass is 19.1. The Kier molecular flexibility index (Phi) is 2.91. The third-order valence-electron chi connectivity index (χ3n) is 2.11. The van der Waals surface area contributed by atoms with Gasteiger partial charge in [-0.2, -0.15) is 0 Å². The van der Waals surface area contributed by atoms with Crippen molar-refractivity contribution >= 4 is 11.9 Å². The van der Waals surface area contributed by atoms with Crippen LogP contribution in [-0.2, 0) is 9.53 Å². The molecule has 0 radical (unpaired) electrons. The van der Waals surface area contributed by atoms with Crippen LogP contribution in [0.5, 0.6) is 0 Å². The highest BCUT2D eigenvalue weighted by Crippen LogP contribution is 2.18. The molecule has 0 aliphatic carbocycles. The van der Waals surface area contributed by atoms with Crippen LogP contribution in [0.25, 0.3) is 0 Å². The second-order valence-electron chi connectivity index (χ2n) is 3.76. The summed E-state index contributed by atoms with van der Waals surface area (Å²) in [5, 5.41) is 0. The van der Waals surface area contributed by atoms with Gasteiger partial charge in [-0.1, -0.05) is 12.1 Å². The summed E-state index contributed by atoms with van der Waals surface area (Å²) in [6.45, 7) is 0. The molecule has 2 rings (SSSR count). The molecule has 0 N–H and O–H groups in total. The van der Waals surface area contributed by atoms with E-state index in [9.17, 15) is 9.18 Å². The summed E-state index contributed by atoms with van der Waals surface area (Å²) < 4.78 is 18.4. The van der Waals surface area contributed by atoms with E-state index in [0.29, 0.717) is 0 Å². The van der Waals surface area contributed by atoms with E-state index in [2.05, 4.69) is 4.99 Å². The highest BCUT2D eigenvalue weighted by Gasteiger charge is 2.25. The summed E-state index contributed by atoms with van der Waals surface area (Å²) in [4.78, 5) is 17.1. The maximum Gasteiger partial charge on any atom is 0.365 e. The van der Waals surface area contributed by atoms with Crippen LogP contribution in [0.3, 0.4) is 0 Å². The third-order valence-corrected chi connectivity index (χ3v) is 2.11. The van der Waals surface area contributed by atoms with E-state index in [1.165, 1.54) is 18.3 Å². The molecule has 0 atom stereocenters. The molecule has 0 amide bonds. The SMILES string of the molecule is CN(C)/C=C1/N=C(c2ccccc2F)OC1=O. The standard InChI is InChI=1S/C12H11FN2O2/c1-15(2)7-10-12(16)17-11(14-10)8-5-3-4-6-9(8)13/h3-7H,1-2H3/b10-7+. The monoisotopic (exact) mass is 234 g/mol. The molecule has 0 spiro atoms. The van der Waals surface area contributed by atoms with Gasteiger partial charge in [-0.15, -0.1) is 0 Å². The summed E-state index contributed by atoms with van der Waals surface area (Å²) in [7, 11) is 3.52. The van der Waals surface area contributed by atoms with Crippen LogP contribution in [0.2, 0.25) is 0 Å². The molecule has 1 aliphatic rings. The Hall–Kier alpha value is -2.17. The van der Waals surface area contributed by atoms with Crippen LogP contribution in [0.1, 0.15) is 5.56 Å². The zero-order chi connectivity index (χ0) is 12.4. The van der Waals surface area contributed by atoms with Gasteiger partial charge < -0.3 is 9.64 Å². The fourth-order valence-corrected chi connectivity index (χ4v) is 1.39. The molecule has 0 unspecified atom stereocenters. The lowest BCUT2D eigenvalue weighted by atomic mass is 10.2. The predicted octanol–water partition coefficient (Wildman–Crippen LogP) is 1.53. The molecule has 17 heavy (non-hydrogen) atoms. The van der Waals surface area contributed by atoms with E-state index in [1.807, 2.05) is 0 Å². The van der Waals surface area contributed by atoms with Crippen molar-refractivity contribution in [2.45, 2.75) is 0 Å². The number of benzene rings is 1. The van der Waals surface area contributed by atoms with Gasteiger partial charge in [0.05, 0.1) is 5.56 Å². The van der Waals surface area contributed by atoms with Gasteiger partial charge in [0.1, 0.15) is 5.82 Å². The zero-order valence-electron chi connectivity index (χ0n) is 9.48. The fourth-order valence-electron chi connectivity index (χ4n) is 1.39. The number of carbonyl (C=O) groups is 1. The minimum absolute atomic E-state index is 0.00111. The summed E-state index contributed by atoms with van der Waals surface area (Å²) in [5.74, 6) is -1.04. The van der Waals surface area contributed by atoms with Gasteiger partial charge in [-0.05, 0) is 12.1 Å². The third kappa shape index (κ3) is 2.33. The van der Waals surface area contributed by atoms with Gasteiger partial charge in [0.25, 0.3) is 0 Å². The van der Waals surface area contributed by atoms with Crippen LogP contribution >= 0.6 is 0 Å². The first-order valence-electron chi connectivity index (χ1n) is 5.02. The number of esters is 1. The Balaban J connectivity index is 2.37. The molecular weight excluding hydrogens is 223 g/mol. The first-order chi connectivity index (χ1) is 8.08. The molecule has 5 heteroatoms. The number of nitrogens with zero attached hydrogens (tertiary/aromatic N) is 2. The maximum absolute atomic E-state index is 13.5. The lowest BCUT2D eigenvalue weighted by molar-refractivity contribution is -0.130. The number of hydrogen-bond acceptors (Lipinski definition) is 4. The van der Waals surface area contributed by atoms with Crippen molar-refractivity contribution in [3.63, 3.8) is 0 Å². The minimum atomic E-state index is -0.572. The zero-order valence-corrected chi connectivity index (χ0v) is 9.48. The van der Waals surface area contributed by atoms with E-state index in [1.54, 1.807) is 31.1 Å². The van der Waals surface area contributed by atoms with Crippen LogP contribution in [0.4, 0.5) is 4.39 Å². The normalized spacial score (nSPS) is 17.0. The molecule has 0 aromatic heterocycles. The molecule has 1 heterocycles. The van der Waals surface area contributed by atoms with Crippen molar-refractivity contribution < 1.29 is 13.9 Å². The molecule has 1 aromatic rings. The maximum atomic E-state index is 13.5. The van der Waals surface area contributed by atoms with E-state index in [-0.39, 0.29) is 17.2 Å². The van der Waals surface area contributed by atoms with Crippen LogP contribution in [0.15, 0.2) is 41.2 Å². The first kappa shape index (κ1) is 11.3. The lowest BCUT2D eigenvalue weighted by Crippen LogP contribution is -2.08. The van der Waals surface area contributed by atoms with Crippen molar-refractivity contribution in [2.75, 3.05) is 14.1 Å². The van der Waals surface area contributed by atoms with Crippen molar-refractivity contribution in [3.8, 4) is 0 Å². The minimum Gasteiger partial charge on any atom is -0.402 e. The Morgan fingerprint density at radius 1 is 1.35 bits per heavy atom. The van der Waals surface area contributed by atoms with Gasteiger partial charge >= 0.3 is 5.97 Å². The topological polar surface area (TPSA) is 41.9 Å². The van der Waals surface area contributed by atoms with Crippen molar-refractivity contribution in [1.29, 1.82) is 0 Å². The smallest absolute Gasteiger partial charge is 0.365 e. The predicted molar refractivity (Wildman–Crippen MR) is 60.8 cm³/mol.